The number of hydrogen-bond donors (Lipinski definition) is 2. The predicted molar refractivity (Wildman–Crippen MR) is 121 cm³/mol. The lowest BCUT2D eigenvalue weighted by Gasteiger charge is -2.15. The van der Waals surface area contributed by atoms with Crippen LogP contribution >= 0.6 is 0 Å². The molecular weight excluding hydrogens is 384 g/mol. The van der Waals surface area contributed by atoms with Crippen LogP contribution in [0, 0.1) is 5.92 Å². The molecule has 0 bridgehead atoms. The summed E-state index contributed by atoms with van der Waals surface area (Å²) in [7, 11) is 1.51. The molecule has 7 heteroatoms. The van der Waals surface area contributed by atoms with Crippen LogP contribution in [0.1, 0.15) is 78.1 Å². The predicted octanol–water partition coefficient (Wildman–Crippen LogP) is 3.46. The van der Waals surface area contributed by atoms with Crippen LogP contribution in [-0.2, 0) is 23.8 Å². The van der Waals surface area contributed by atoms with Gasteiger partial charge in [0.15, 0.2) is 0 Å². The van der Waals surface area contributed by atoms with Gasteiger partial charge in [0, 0.05) is 39.3 Å². The average Bonchev–Trinajstić information content (AvgIpc) is 2.73. The topological polar surface area (TPSA) is 85.9 Å². The summed E-state index contributed by atoms with van der Waals surface area (Å²) in [6, 6.07) is 0. The number of methoxy groups -OCH3 is 1. The van der Waals surface area contributed by atoms with Crippen molar-refractivity contribution in [2.24, 2.45) is 5.92 Å². The molecule has 0 unspecified atom stereocenters. The number of ether oxygens (including phenoxy) is 3. The van der Waals surface area contributed by atoms with Gasteiger partial charge in [-0.1, -0.05) is 26.7 Å². The fourth-order valence-corrected chi connectivity index (χ4v) is 3.20. The van der Waals surface area contributed by atoms with Crippen molar-refractivity contribution in [3.8, 4) is 0 Å². The Morgan fingerprint density at radius 1 is 0.733 bits per heavy atom. The van der Waals surface area contributed by atoms with E-state index >= 15 is 0 Å². The van der Waals surface area contributed by atoms with Gasteiger partial charge in [0.1, 0.15) is 6.61 Å². The maximum atomic E-state index is 12.1. The van der Waals surface area contributed by atoms with E-state index in [9.17, 15) is 9.59 Å². The number of nitrogens with one attached hydrogen (secondary N) is 2. The first-order chi connectivity index (χ1) is 14.7. The third kappa shape index (κ3) is 18.8. The van der Waals surface area contributed by atoms with Crippen molar-refractivity contribution in [1.29, 1.82) is 0 Å². The molecule has 0 aliphatic carbocycles. The SMILES string of the molecule is CCCC(CCC)C(=O)NCCCCCOCCOCCCCCNC(=O)COC. The first kappa shape index (κ1) is 28.8. The Bertz CT molecular complexity index is 401. The number of unbranched alkanes of at least 4 members (excludes halogenated alkanes) is 4. The summed E-state index contributed by atoms with van der Waals surface area (Å²) >= 11 is 0. The zero-order valence-corrected chi connectivity index (χ0v) is 19.6. The van der Waals surface area contributed by atoms with E-state index in [0.717, 1.165) is 84.0 Å². The van der Waals surface area contributed by atoms with Crippen LogP contribution in [0.2, 0.25) is 0 Å². The van der Waals surface area contributed by atoms with Crippen LogP contribution < -0.4 is 10.6 Å². The molecule has 0 aromatic rings. The lowest BCUT2D eigenvalue weighted by Crippen LogP contribution is -2.31. The van der Waals surface area contributed by atoms with E-state index in [1.807, 2.05) is 0 Å². The summed E-state index contributed by atoms with van der Waals surface area (Å²) in [6.07, 6.45) is 10.2. The van der Waals surface area contributed by atoms with Gasteiger partial charge in [-0.25, -0.2) is 0 Å². The number of rotatable bonds is 22. The Morgan fingerprint density at radius 2 is 1.27 bits per heavy atom. The van der Waals surface area contributed by atoms with E-state index in [2.05, 4.69) is 24.5 Å². The second kappa shape index (κ2) is 22.5. The Balaban J connectivity index is 3.29. The average molecular weight is 431 g/mol. The third-order valence-electron chi connectivity index (χ3n) is 4.84. The van der Waals surface area contributed by atoms with Crippen LogP contribution in [0.4, 0.5) is 0 Å². The molecule has 7 nitrogen and oxygen atoms in total. The van der Waals surface area contributed by atoms with Gasteiger partial charge in [-0.05, 0) is 51.4 Å². The maximum Gasteiger partial charge on any atom is 0.245 e. The van der Waals surface area contributed by atoms with E-state index in [1.165, 1.54) is 7.11 Å². The molecule has 0 saturated carbocycles. The van der Waals surface area contributed by atoms with Gasteiger partial charge in [0.2, 0.25) is 11.8 Å². The summed E-state index contributed by atoms with van der Waals surface area (Å²) in [5.74, 6) is 0.344. The molecule has 0 fully saturated rings. The molecule has 0 aromatic heterocycles. The molecule has 0 saturated heterocycles. The molecule has 0 spiro atoms. The van der Waals surface area contributed by atoms with E-state index in [1.54, 1.807) is 0 Å². The molecule has 0 heterocycles. The molecule has 30 heavy (non-hydrogen) atoms. The summed E-state index contributed by atoms with van der Waals surface area (Å²) in [5, 5.41) is 5.88. The van der Waals surface area contributed by atoms with Gasteiger partial charge < -0.3 is 24.8 Å². The van der Waals surface area contributed by atoms with Gasteiger partial charge in [0.25, 0.3) is 0 Å². The minimum absolute atomic E-state index is 0.0664. The maximum absolute atomic E-state index is 12.1. The first-order valence-electron chi connectivity index (χ1n) is 11.8. The van der Waals surface area contributed by atoms with Crippen molar-refractivity contribution in [2.45, 2.75) is 78.1 Å². The van der Waals surface area contributed by atoms with Gasteiger partial charge in [0.05, 0.1) is 13.2 Å². The van der Waals surface area contributed by atoms with E-state index in [0.29, 0.717) is 19.8 Å². The van der Waals surface area contributed by atoms with Crippen LogP contribution in [0.15, 0.2) is 0 Å². The number of hydrogen-bond acceptors (Lipinski definition) is 5. The van der Waals surface area contributed by atoms with Crippen molar-refractivity contribution in [1.82, 2.24) is 10.6 Å². The van der Waals surface area contributed by atoms with Gasteiger partial charge in [-0.3, -0.25) is 9.59 Å². The van der Waals surface area contributed by atoms with Gasteiger partial charge in [-0.2, -0.15) is 0 Å². The van der Waals surface area contributed by atoms with Crippen LogP contribution in [0.3, 0.4) is 0 Å². The molecule has 0 radical (unpaired) electrons. The highest BCUT2D eigenvalue weighted by Gasteiger charge is 2.15. The zero-order chi connectivity index (χ0) is 22.3. The number of carbonyl (C=O) groups is 2. The zero-order valence-electron chi connectivity index (χ0n) is 19.6. The second-order valence-corrected chi connectivity index (χ2v) is 7.69. The molecule has 178 valence electrons. The number of carbonyl (C=O) groups excluding carboxylic acids is 2. The normalized spacial score (nSPS) is 11.1. The Kier molecular flexibility index (Phi) is 21.6. The minimum atomic E-state index is -0.0664. The highest BCUT2D eigenvalue weighted by atomic mass is 16.5. The van der Waals surface area contributed by atoms with Crippen molar-refractivity contribution in [2.75, 3.05) is 53.2 Å². The Morgan fingerprint density at radius 3 is 1.77 bits per heavy atom. The lowest BCUT2D eigenvalue weighted by molar-refractivity contribution is -0.125. The molecular formula is C23H46N2O5. The van der Waals surface area contributed by atoms with Crippen molar-refractivity contribution in [3.63, 3.8) is 0 Å². The van der Waals surface area contributed by atoms with Crippen molar-refractivity contribution in [3.05, 3.63) is 0 Å². The van der Waals surface area contributed by atoms with Gasteiger partial charge >= 0.3 is 0 Å². The molecule has 0 aliphatic heterocycles. The van der Waals surface area contributed by atoms with E-state index in [-0.39, 0.29) is 24.3 Å². The Labute approximate surface area is 184 Å². The number of amides is 2. The molecule has 0 atom stereocenters. The summed E-state index contributed by atoms with van der Waals surface area (Å²) in [4.78, 5) is 23.3. The van der Waals surface area contributed by atoms with Gasteiger partial charge in [-0.15, -0.1) is 0 Å². The molecule has 0 aromatic carbocycles. The molecule has 0 rings (SSSR count). The Hall–Kier alpha value is -1.18. The summed E-state index contributed by atoms with van der Waals surface area (Å²) < 4.78 is 15.9. The van der Waals surface area contributed by atoms with Crippen LogP contribution in [-0.4, -0.2) is 65.0 Å². The van der Waals surface area contributed by atoms with E-state index in [4.69, 9.17) is 14.2 Å². The van der Waals surface area contributed by atoms with E-state index < -0.39 is 0 Å². The molecule has 2 N–H and O–H groups in total. The largest absolute Gasteiger partial charge is 0.379 e. The minimum Gasteiger partial charge on any atom is -0.379 e. The highest BCUT2D eigenvalue weighted by molar-refractivity contribution is 5.78. The van der Waals surface area contributed by atoms with Crippen molar-refractivity contribution < 1.29 is 23.8 Å². The summed E-state index contributed by atoms with van der Waals surface area (Å²) in [5.41, 5.74) is 0. The smallest absolute Gasteiger partial charge is 0.245 e. The fourth-order valence-electron chi connectivity index (χ4n) is 3.20. The van der Waals surface area contributed by atoms with Crippen LogP contribution in [0.25, 0.3) is 0 Å². The quantitative estimate of drug-likeness (QED) is 0.257. The standard InChI is InChI=1S/C23H46N2O5/c1-4-12-21(13-5-2)23(27)25-15-9-7-11-17-30-19-18-29-16-10-6-8-14-24-22(26)20-28-3/h21H,4-20H2,1-3H3,(H,24,26)(H,25,27). The first-order valence-corrected chi connectivity index (χ1v) is 11.8. The fraction of sp³-hybridized carbons (Fsp3) is 0.913. The molecule has 0 aliphatic rings. The van der Waals surface area contributed by atoms with Crippen molar-refractivity contribution >= 4 is 11.8 Å². The summed E-state index contributed by atoms with van der Waals surface area (Å²) in [6.45, 7) is 8.56. The van der Waals surface area contributed by atoms with Crippen LogP contribution in [0.5, 0.6) is 0 Å². The third-order valence-corrected chi connectivity index (χ3v) is 4.84. The monoisotopic (exact) mass is 430 g/mol. The highest BCUT2D eigenvalue weighted by Crippen LogP contribution is 2.13. The second-order valence-electron chi connectivity index (χ2n) is 7.69. The molecule has 2 amide bonds. The lowest BCUT2D eigenvalue weighted by atomic mass is 9.97.